The van der Waals surface area contributed by atoms with Crippen molar-refractivity contribution < 1.29 is 4.79 Å². The van der Waals surface area contributed by atoms with E-state index in [0.29, 0.717) is 12.0 Å². The molecule has 1 amide bonds. The van der Waals surface area contributed by atoms with Gasteiger partial charge in [0.05, 0.1) is 6.04 Å². The highest BCUT2D eigenvalue weighted by Crippen LogP contribution is 2.32. The number of hydrogen-bond donors (Lipinski definition) is 1. The van der Waals surface area contributed by atoms with Gasteiger partial charge in [-0.2, -0.15) is 0 Å². The molecule has 0 radical (unpaired) electrons. The lowest BCUT2D eigenvalue weighted by Crippen LogP contribution is -2.39. The lowest BCUT2D eigenvalue weighted by molar-refractivity contribution is -0.109. The summed E-state index contributed by atoms with van der Waals surface area (Å²) < 4.78 is 0. The number of likely N-dealkylation sites (tertiary alicyclic amines) is 1. The van der Waals surface area contributed by atoms with Crippen molar-refractivity contribution in [3.63, 3.8) is 0 Å². The minimum absolute atomic E-state index is 0.317. The maximum absolute atomic E-state index is 10.5. The fourth-order valence-corrected chi connectivity index (χ4v) is 3.51. The van der Waals surface area contributed by atoms with E-state index >= 15 is 0 Å². The molecule has 3 rings (SSSR count). The first kappa shape index (κ1) is 15.8. The van der Waals surface area contributed by atoms with Crippen LogP contribution in [0.3, 0.4) is 0 Å². The van der Waals surface area contributed by atoms with Gasteiger partial charge < -0.3 is 5.32 Å². The standard InChI is InChI=1S/C20H24N2O/c23-16-21-15-17-11-13-22(14-12-17)20(18-7-3-1-4-8-18)19-9-5-2-6-10-19/h1-10,16-17,20H,11-15H2,(H,21,23). The van der Waals surface area contributed by atoms with Crippen molar-refractivity contribution in [3.8, 4) is 0 Å². The zero-order valence-corrected chi connectivity index (χ0v) is 13.4. The molecule has 0 aromatic heterocycles. The van der Waals surface area contributed by atoms with Crippen molar-refractivity contribution in [2.24, 2.45) is 5.92 Å². The molecular weight excluding hydrogens is 284 g/mol. The summed E-state index contributed by atoms with van der Waals surface area (Å²) in [5, 5.41) is 2.83. The van der Waals surface area contributed by atoms with Gasteiger partial charge >= 0.3 is 0 Å². The zero-order chi connectivity index (χ0) is 15.9. The molecule has 2 aromatic carbocycles. The molecule has 0 aliphatic carbocycles. The molecule has 23 heavy (non-hydrogen) atoms. The molecule has 0 bridgehead atoms. The Hall–Kier alpha value is -2.13. The van der Waals surface area contributed by atoms with Crippen LogP contribution >= 0.6 is 0 Å². The summed E-state index contributed by atoms with van der Waals surface area (Å²) in [4.78, 5) is 13.0. The summed E-state index contributed by atoms with van der Waals surface area (Å²) in [6, 6.07) is 21.8. The summed E-state index contributed by atoms with van der Waals surface area (Å²) in [6.45, 7) is 2.94. The molecule has 1 aliphatic heterocycles. The van der Waals surface area contributed by atoms with Gasteiger partial charge in [-0.15, -0.1) is 0 Å². The van der Waals surface area contributed by atoms with Crippen molar-refractivity contribution in [2.45, 2.75) is 18.9 Å². The van der Waals surface area contributed by atoms with Gasteiger partial charge in [0.25, 0.3) is 0 Å². The third kappa shape index (κ3) is 3.99. The lowest BCUT2D eigenvalue weighted by atomic mass is 9.91. The molecule has 0 unspecified atom stereocenters. The Morgan fingerprint density at radius 3 is 1.96 bits per heavy atom. The predicted octanol–water partition coefficient (Wildman–Crippen LogP) is 3.23. The van der Waals surface area contributed by atoms with E-state index in [0.717, 1.165) is 38.9 Å². The molecular formula is C20H24N2O. The van der Waals surface area contributed by atoms with Gasteiger partial charge in [0.2, 0.25) is 6.41 Å². The molecule has 2 aromatic rings. The quantitative estimate of drug-likeness (QED) is 0.831. The number of nitrogens with one attached hydrogen (secondary N) is 1. The normalized spacial score (nSPS) is 16.4. The number of rotatable bonds is 6. The minimum Gasteiger partial charge on any atom is -0.358 e. The van der Waals surface area contributed by atoms with Crippen LogP contribution in [0, 0.1) is 5.92 Å². The summed E-state index contributed by atoms with van der Waals surface area (Å²) in [5.41, 5.74) is 2.70. The van der Waals surface area contributed by atoms with Gasteiger partial charge in [-0.25, -0.2) is 0 Å². The van der Waals surface area contributed by atoms with Crippen LogP contribution < -0.4 is 5.32 Å². The third-order valence-corrected chi connectivity index (χ3v) is 4.73. The maximum atomic E-state index is 10.5. The molecule has 1 fully saturated rings. The van der Waals surface area contributed by atoms with Gasteiger partial charge in [-0.05, 0) is 43.0 Å². The Morgan fingerprint density at radius 1 is 0.957 bits per heavy atom. The Balaban J connectivity index is 1.76. The molecule has 1 saturated heterocycles. The lowest BCUT2D eigenvalue weighted by Gasteiger charge is -2.38. The molecule has 3 heteroatoms. The van der Waals surface area contributed by atoms with Crippen molar-refractivity contribution in [1.29, 1.82) is 0 Å². The number of hydrogen-bond acceptors (Lipinski definition) is 2. The summed E-state index contributed by atoms with van der Waals surface area (Å²) in [5.74, 6) is 0.601. The van der Waals surface area contributed by atoms with Crippen molar-refractivity contribution in [3.05, 3.63) is 71.8 Å². The minimum atomic E-state index is 0.317. The molecule has 1 N–H and O–H groups in total. The first-order chi connectivity index (χ1) is 11.4. The van der Waals surface area contributed by atoms with Gasteiger partial charge in [-0.1, -0.05) is 60.7 Å². The van der Waals surface area contributed by atoms with Crippen LogP contribution in [0.1, 0.15) is 30.0 Å². The number of carbonyl (C=O) groups is 1. The number of nitrogens with zero attached hydrogens (tertiary/aromatic N) is 1. The predicted molar refractivity (Wildman–Crippen MR) is 93.1 cm³/mol. The molecule has 1 aliphatic rings. The summed E-state index contributed by atoms with van der Waals surface area (Å²) in [6.07, 6.45) is 3.08. The SMILES string of the molecule is O=CNCC1CCN(C(c2ccccc2)c2ccccc2)CC1. The molecule has 0 spiro atoms. The van der Waals surface area contributed by atoms with Crippen LogP contribution in [0.2, 0.25) is 0 Å². The Kier molecular flexibility index (Phi) is 5.43. The fourth-order valence-electron chi connectivity index (χ4n) is 3.51. The Bertz CT molecular complexity index is 552. The average Bonchev–Trinajstić information content (AvgIpc) is 2.63. The average molecular weight is 308 g/mol. The highest BCUT2D eigenvalue weighted by molar-refractivity contribution is 5.45. The van der Waals surface area contributed by atoms with Crippen molar-refractivity contribution >= 4 is 6.41 Å². The van der Waals surface area contributed by atoms with E-state index in [1.165, 1.54) is 11.1 Å². The number of piperidine rings is 1. The van der Waals surface area contributed by atoms with Crippen LogP contribution in [0.4, 0.5) is 0 Å². The molecule has 0 saturated carbocycles. The first-order valence-corrected chi connectivity index (χ1v) is 8.39. The van der Waals surface area contributed by atoms with Gasteiger partial charge in [0, 0.05) is 6.54 Å². The summed E-state index contributed by atoms with van der Waals surface area (Å²) in [7, 11) is 0. The molecule has 120 valence electrons. The van der Waals surface area contributed by atoms with E-state index in [4.69, 9.17) is 0 Å². The zero-order valence-electron chi connectivity index (χ0n) is 13.4. The van der Waals surface area contributed by atoms with Crippen LogP contribution in [-0.4, -0.2) is 30.9 Å². The van der Waals surface area contributed by atoms with Gasteiger partial charge in [-0.3, -0.25) is 9.69 Å². The van der Waals surface area contributed by atoms with E-state index in [1.807, 2.05) is 0 Å². The van der Waals surface area contributed by atoms with Crippen molar-refractivity contribution in [2.75, 3.05) is 19.6 Å². The van der Waals surface area contributed by atoms with Gasteiger partial charge in [0.1, 0.15) is 0 Å². The van der Waals surface area contributed by atoms with Gasteiger partial charge in [0.15, 0.2) is 0 Å². The van der Waals surface area contributed by atoms with E-state index < -0.39 is 0 Å². The third-order valence-electron chi connectivity index (χ3n) is 4.73. The first-order valence-electron chi connectivity index (χ1n) is 8.39. The number of carbonyl (C=O) groups excluding carboxylic acids is 1. The van der Waals surface area contributed by atoms with E-state index in [2.05, 4.69) is 70.9 Å². The Labute approximate surface area is 138 Å². The fraction of sp³-hybridized carbons (Fsp3) is 0.350. The molecule has 1 heterocycles. The maximum Gasteiger partial charge on any atom is 0.207 e. The molecule has 0 atom stereocenters. The smallest absolute Gasteiger partial charge is 0.207 e. The van der Waals surface area contributed by atoms with Crippen LogP contribution in [0.15, 0.2) is 60.7 Å². The Morgan fingerprint density at radius 2 is 1.48 bits per heavy atom. The van der Waals surface area contributed by atoms with Crippen LogP contribution in [-0.2, 0) is 4.79 Å². The highest BCUT2D eigenvalue weighted by Gasteiger charge is 2.26. The second-order valence-corrected chi connectivity index (χ2v) is 6.23. The highest BCUT2D eigenvalue weighted by atomic mass is 16.1. The van der Waals surface area contributed by atoms with E-state index in [1.54, 1.807) is 0 Å². The second kappa shape index (κ2) is 7.93. The topological polar surface area (TPSA) is 32.3 Å². The number of benzene rings is 2. The molecule has 3 nitrogen and oxygen atoms in total. The van der Waals surface area contributed by atoms with E-state index in [9.17, 15) is 4.79 Å². The second-order valence-electron chi connectivity index (χ2n) is 6.23. The van der Waals surface area contributed by atoms with Crippen LogP contribution in [0.5, 0.6) is 0 Å². The monoisotopic (exact) mass is 308 g/mol. The van der Waals surface area contributed by atoms with E-state index in [-0.39, 0.29) is 0 Å². The number of amides is 1. The largest absolute Gasteiger partial charge is 0.358 e. The van der Waals surface area contributed by atoms with Crippen molar-refractivity contribution in [1.82, 2.24) is 10.2 Å². The summed E-state index contributed by atoms with van der Waals surface area (Å²) >= 11 is 0. The van der Waals surface area contributed by atoms with Crippen LogP contribution in [0.25, 0.3) is 0 Å².